The first kappa shape index (κ1) is 16.9. The maximum absolute atomic E-state index is 13.0. The molecule has 0 fully saturated rings. The van der Waals surface area contributed by atoms with E-state index in [2.05, 4.69) is 5.10 Å². The average molecular weight is 362 g/mol. The van der Waals surface area contributed by atoms with Crippen LogP contribution in [0.5, 0.6) is 11.5 Å². The van der Waals surface area contributed by atoms with E-state index in [-0.39, 0.29) is 23.5 Å². The number of benzene rings is 2. The standard InChI is InChI=1S/C21H18N2O4/c1-26-19-10-5-3-8-15(19)17-13-16(14-7-2-4-9-18(14)24)22-23(17)21(25)20-11-6-12-27-20/h2-12,17,24H,13H2,1H3/t17-/m1/s1. The van der Waals surface area contributed by atoms with E-state index < -0.39 is 0 Å². The number of rotatable bonds is 4. The molecular weight excluding hydrogens is 344 g/mol. The van der Waals surface area contributed by atoms with Crippen LogP contribution in [0.2, 0.25) is 0 Å². The molecule has 6 heteroatoms. The van der Waals surface area contributed by atoms with Crippen molar-refractivity contribution < 1.29 is 19.1 Å². The van der Waals surface area contributed by atoms with Gasteiger partial charge in [0.05, 0.1) is 25.1 Å². The van der Waals surface area contributed by atoms with Crippen LogP contribution >= 0.6 is 0 Å². The van der Waals surface area contributed by atoms with Gasteiger partial charge in [-0.05, 0) is 30.3 Å². The highest BCUT2D eigenvalue weighted by atomic mass is 16.5. The fourth-order valence-electron chi connectivity index (χ4n) is 3.28. The Morgan fingerprint density at radius 1 is 1.15 bits per heavy atom. The molecular formula is C21H18N2O4. The Morgan fingerprint density at radius 2 is 1.93 bits per heavy atom. The van der Waals surface area contributed by atoms with Crippen LogP contribution in [0.1, 0.15) is 34.1 Å². The summed E-state index contributed by atoms with van der Waals surface area (Å²) in [6, 6.07) is 17.4. The number of hydrazone groups is 1. The second kappa shape index (κ2) is 6.99. The van der Waals surface area contributed by atoms with Crippen LogP contribution in [0.4, 0.5) is 0 Å². The van der Waals surface area contributed by atoms with Gasteiger partial charge in [-0.15, -0.1) is 0 Å². The molecule has 1 atom stereocenters. The van der Waals surface area contributed by atoms with Crippen molar-refractivity contribution in [3.8, 4) is 11.5 Å². The van der Waals surface area contributed by atoms with Gasteiger partial charge in [0.1, 0.15) is 11.5 Å². The smallest absolute Gasteiger partial charge is 0.310 e. The minimum atomic E-state index is -0.367. The van der Waals surface area contributed by atoms with E-state index in [4.69, 9.17) is 9.15 Å². The molecule has 1 amide bonds. The molecule has 0 unspecified atom stereocenters. The molecule has 0 bridgehead atoms. The highest BCUT2D eigenvalue weighted by Crippen LogP contribution is 2.39. The number of para-hydroxylation sites is 2. The number of nitrogens with zero attached hydrogens (tertiary/aromatic N) is 2. The van der Waals surface area contributed by atoms with Crippen LogP contribution in [0, 0.1) is 0 Å². The van der Waals surface area contributed by atoms with Gasteiger partial charge in [0.25, 0.3) is 0 Å². The number of carbonyl (C=O) groups is 1. The predicted octanol–water partition coefficient (Wildman–Crippen LogP) is 3.99. The van der Waals surface area contributed by atoms with Crippen LogP contribution in [-0.2, 0) is 0 Å². The lowest BCUT2D eigenvalue weighted by molar-refractivity contribution is 0.0677. The van der Waals surface area contributed by atoms with Crippen molar-refractivity contribution in [3.63, 3.8) is 0 Å². The molecule has 1 aliphatic heterocycles. The van der Waals surface area contributed by atoms with E-state index in [9.17, 15) is 9.90 Å². The third kappa shape index (κ3) is 3.06. The highest BCUT2D eigenvalue weighted by Gasteiger charge is 2.36. The molecule has 3 aromatic rings. The quantitative estimate of drug-likeness (QED) is 0.762. The molecule has 0 saturated carbocycles. The molecule has 1 aromatic heterocycles. The highest BCUT2D eigenvalue weighted by molar-refractivity contribution is 6.06. The van der Waals surface area contributed by atoms with Gasteiger partial charge in [-0.25, -0.2) is 5.01 Å². The Morgan fingerprint density at radius 3 is 2.67 bits per heavy atom. The Labute approximate surface area is 156 Å². The molecule has 136 valence electrons. The zero-order valence-corrected chi connectivity index (χ0v) is 14.7. The lowest BCUT2D eigenvalue weighted by Gasteiger charge is -2.22. The van der Waals surface area contributed by atoms with Crippen molar-refractivity contribution in [3.05, 3.63) is 83.8 Å². The van der Waals surface area contributed by atoms with Gasteiger partial charge in [-0.1, -0.05) is 30.3 Å². The monoisotopic (exact) mass is 362 g/mol. The minimum Gasteiger partial charge on any atom is -0.507 e. The summed E-state index contributed by atoms with van der Waals surface area (Å²) < 4.78 is 10.8. The fourth-order valence-corrected chi connectivity index (χ4v) is 3.28. The van der Waals surface area contributed by atoms with Crippen molar-refractivity contribution in [2.75, 3.05) is 7.11 Å². The number of carbonyl (C=O) groups excluding carboxylic acids is 1. The molecule has 0 saturated heterocycles. The Hall–Kier alpha value is -3.54. The van der Waals surface area contributed by atoms with Crippen LogP contribution in [0.15, 0.2) is 76.4 Å². The third-order valence-electron chi connectivity index (χ3n) is 4.56. The number of hydrogen-bond donors (Lipinski definition) is 1. The topological polar surface area (TPSA) is 75.3 Å². The normalized spacial score (nSPS) is 16.3. The summed E-state index contributed by atoms with van der Waals surface area (Å²) in [4.78, 5) is 13.0. The number of phenols is 1. The van der Waals surface area contributed by atoms with Crippen LogP contribution < -0.4 is 4.74 Å². The molecule has 0 radical (unpaired) electrons. The summed E-state index contributed by atoms with van der Waals surface area (Å²) in [5, 5.41) is 16.1. The number of methoxy groups -OCH3 is 1. The van der Waals surface area contributed by atoms with Gasteiger partial charge >= 0.3 is 5.91 Å². The van der Waals surface area contributed by atoms with Crippen molar-refractivity contribution in [2.24, 2.45) is 5.10 Å². The van der Waals surface area contributed by atoms with Crippen molar-refractivity contribution in [1.82, 2.24) is 5.01 Å². The fraction of sp³-hybridized carbons (Fsp3) is 0.143. The summed E-state index contributed by atoms with van der Waals surface area (Å²) in [6.07, 6.45) is 1.90. The molecule has 0 spiro atoms. The van der Waals surface area contributed by atoms with Gasteiger partial charge in [0, 0.05) is 17.5 Å². The zero-order valence-electron chi connectivity index (χ0n) is 14.7. The maximum Gasteiger partial charge on any atom is 0.310 e. The Bertz CT molecular complexity index is 995. The van der Waals surface area contributed by atoms with Crippen LogP contribution in [0.3, 0.4) is 0 Å². The van der Waals surface area contributed by atoms with E-state index in [1.807, 2.05) is 30.3 Å². The molecule has 27 heavy (non-hydrogen) atoms. The van der Waals surface area contributed by atoms with Gasteiger partial charge in [0.15, 0.2) is 5.76 Å². The molecule has 1 N–H and O–H groups in total. The average Bonchev–Trinajstić information content (AvgIpc) is 3.38. The first-order chi connectivity index (χ1) is 13.2. The van der Waals surface area contributed by atoms with Gasteiger partial charge < -0.3 is 14.3 Å². The van der Waals surface area contributed by atoms with E-state index in [1.165, 1.54) is 11.3 Å². The Balaban J connectivity index is 1.78. The van der Waals surface area contributed by atoms with Crippen molar-refractivity contribution in [1.29, 1.82) is 0 Å². The molecule has 0 aliphatic carbocycles. The summed E-state index contributed by atoms with van der Waals surface area (Å²) in [5.41, 5.74) is 2.07. The van der Waals surface area contributed by atoms with E-state index in [0.29, 0.717) is 23.4 Å². The Kier molecular flexibility index (Phi) is 4.38. The largest absolute Gasteiger partial charge is 0.507 e. The van der Waals surface area contributed by atoms with E-state index >= 15 is 0 Å². The van der Waals surface area contributed by atoms with Crippen LogP contribution in [0.25, 0.3) is 0 Å². The first-order valence-electron chi connectivity index (χ1n) is 8.55. The number of hydrogen-bond acceptors (Lipinski definition) is 5. The second-order valence-electron chi connectivity index (χ2n) is 6.15. The van der Waals surface area contributed by atoms with Gasteiger partial charge in [-0.2, -0.15) is 5.10 Å². The molecule has 2 heterocycles. The van der Waals surface area contributed by atoms with Gasteiger partial charge in [-0.3, -0.25) is 4.79 Å². The second-order valence-corrected chi connectivity index (χ2v) is 6.15. The maximum atomic E-state index is 13.0. The molecule has 4 rings (SSSR count). The lowest BCUT2D eigenvalue weighted by Crippen LogP contribution is -2.27. The number of amides is 1. The minimum absolute atomic E-state index is 0.127. The number of aromatic hydroxyl groups is 1. The van der Waals surface area contributed by atoms with Crippen molar-refractivity contribution >= 4 is 11.6 Å². The zero-order chi connectivity index (χ0) is 18.8. The van der Waals surface area contributed by atoms with E-state index in [0.717, 1.165) is 5.56 Å². The lowest BCUT2D eigenvalue weighted by atomic mass is 9.97. The summed E-state index contributed by atoms with van der Waals surface area (Å²) in [5.74, 6) is 0.661. The number of phenolic OH excluding ortho intramolecular Hbond substituents is 1. The SMILES string of the molecule is COc1ccccc1[C@H]1CC(c2ccccc2O)=NN1C(=O)c1ccco1. The predicted molar refractivity (Wildman–Crippen MR) is 99.9 cm³/mol. The first-order valence-corrected chi connectivity index (χ1v) is 8.55. The van der Waals surface area contributed by atoms with Crippen molar-refractivity contribution in [2.45, 2.75) is 12.5 Å². The number of furan rings is 1. The molecule has 2 aromatic carbocycles. The third-order valence-corrected chi connectivity index (χ3v) is 4.56. The van der Waals surface area contributed by atoms with Gasteiger partial charge in [0.2, 0.25) is 0 Å². The van der Waals surface area contributed by atoms with E-state index in [1.54, 1.807) is 37.4 Å². The summed E-state index contributed by atoms with van der Waals surface area (Å²) in [6.45, 7) is 0. The molecule has 6 nitrogen and oxygen atoms in total. The molecule has 1 aliphatic rings. The van der Waals surface area contributed by atoms with Crippen LogP contribution in [-0.4, -0.2) is 28.8 Å². The summed E-state index contributed by atoms with van der Waals surface area (Å²) >= 11 is 0. The summed E-state index contributed by atoms with van der Waals surface area (Å²) in [7, 11) is 1.59. The number of ether oxygens (including phenoxy) is 1.